The first kappa shape index (κ1) is 15.6. The Balaban J connectivity index is 0. The minimum atomic E-state index is -0.816. The molecule has 0 aromatic rings. The van der Waals surface area contributed by atoms with Gasteiger partial charge in [-0.25, -0.2) is 4.79 Å². The molecule has 0 aromatic carbocycles. The van der Waals surface area contributed by atoms with Gasteiger partial charge < -0.3 is 10.4 Å². The van der Waals surface area contributed by atoms with Crippen LogP contribution in [0.1, 0.15) is 40.5 Å². The molecule has 0 aromatic heterocycles. The normalized spacial score (nSPS) is 10.4. The quantitative estimate of drug-likeness (QED) is 0.672. The van der Waals surface area contributed by atoms with Gasteiger partial charge in [0.25, 0.3) is 0 Å². The van der Waals surface area contributed by atoms with E-state index in [2.05, 4.69) is 19.2 Å². The number of unbranched alkanes of at least 4 members (excludes halogenated alkanes) is 1. The van der Waals surface area contributed by atoms with Crippen molar-refractivity contribution < 1.29 is 9.90 Å². The van der Waals surface area contributed by atoms with Crippen LogP contribution in [0.25, 0.3) is 0 Å². The second-order valence-corrected chi connectivity index (χ2v) is 2.94. The van der Waals surface area contributed by atoms with Gasteiger partial charge in [0.1, 0.15) is 0 Å². The van der Waals surface area contributed by atoms with Crippen molar-refractivity contribution in [1.82, 2.24) is 5.32 Å². The lowest BCUT2D eigenvalue weighted by Gasteiger charge is -1.89. The molecule has 0 unspecified atom stereocenters. The van der Waals surface area contributed by atoms with Crippen LogP contribution in [-0.2, 0) is 4.79 Å². The minimum absolute atomic E-state index is 0.442. The lowest BCUT2D eigenvalue weighted by Crippen LogP contribution is -2.09. The first-order valence-electron chi connectivity index (χ1n) is 5.20. The second-order valence-electron chi connectivity index (χ2n) is 2.94. The van der Waals surface area contributed by atoms with Crippen LogP contribution < -0.4 is 5.32 Å². The summed E-state index contributed by atoms with van der Waals surface area (Å²) in [4.78, 5) is 10.1. The van der Waals surface area contributed by atoms with E-state index in [1.165, 1.54) is 0 Å². The number of allylic oxidation sites excluding steroid dienone is 1. The van der Waals surface area contributed by atoms with Crippen molar-refractivity contribution in [3.05, 3.63) is 11.6 Å². The molecule has 14 heavy (non-hydrogen) atoms. The highest BCUT2D eigenvalue weighted by Gasteiger charge is 1.95. The highest BCUT2D eigenvalue weighted by atomic mass is 16.4. The highest BCUT2D eigenvalue weighted by molar-refractivity contribution is 5.85. The van der Waals surface area contributed by atoms with E-state index in [0.29, 0.717) is 5.57 Å². The second kappa shape index (κ2) is 12.2. The molecule has 0 amide bonds. The summed E-state index contributed by atoms with van der Waals surface area (Å²) in [5, 5.41) is 11.5. The van der Waals surface area contributed by atoms with E-state index in [-0.39, 0.29) is 0 Å². The molecule has 84 valence electrons. The lowest BCUT2D eigenvalue weighted by atomic mass is 10.2. The molecular weight excluding hydrogens is 178 g/mol. The van der Waals surface area contributed by atoms with Gasteiger partial charge in [-0.2, -0.15) is 0 Å². The van der Waals surface area contributed by atoms with Gasteiger partial charge in [-0.3, -0.25) is 0 Å². The SMILES string of the molecule is CCCC=C(C)C(=O)O.CCNCC. The average molecular weight is 201 g/mol. The Hall–Kier alpha value is -0.830. The summed E-state index contributed by atoms with van der Waals surface area (Å²) in [6, 6.07) is 0. The van der Waals surface area contributed by atoms with E-state index >= 15 is 0 Å². The Morgan fingerprint density at radius 1 is 1.29 bits per heavy atom. The van der Waals surface area contributed by atoms with E-state index < -0.39 is 5.97 Å². The Bertz CT molecular complexity index is 163. The Morgan fingerprint density at radius 3 is 2.00 bits per heavy atom. The summed E-state index contributed by atoms with van der Waals surface area (Å²) in [6.45, 7) is 10.0. The fraction of sp³-hybridized carbons (Fsp3) is 0.727. The monoisotopic (exact) mass is 201 g/mol. The van der Waals surface area contributed by atoms with Gasteiger partial charge >= 0.3 is 5.97 Å². The number of aliphatic carboxylic acids is 1. The third-order valence-electron chi connectivity index (χ3n) is 1.58. The first-order valence-corrected chi connectivity index (χ1v) is 5.20. The van der Waals surface area contributed by atoms with E-state index in [1.54, 1.807) is 13.0 Å². The molecule has 0 saturated carbocycles. The van der Waals surface area contributed by atoms with Crippen molar-refractivity contribution in [2.45, 2.75) is 40.5 Å². The number of nitrogens with one attached hydrogen (secondary N) is 1. The number of hydrogen-bond acceptors (Lipinski definition) is 2. The van der Waals surface area contributed by atoms with Crippen LogP contribution in [0.15, 0.2) is 11.6 Å². The molecule has 0 atom stereocenters. The average Bonchev–Trinajstić information content (AvgIpc) is 2.16. The van der Waals surface area contributed by atoms with Crippen LogP contribution in [0.3, 0.4) is 0 Å². The molecule has 0 rings (SSSR count). The van der Waals surface area contributed by atoms with Crippen molar-refractivity contribution >= 4 is 5.97 Å². The molecule has 3 heteroatoms. The highest BCUT2D eigenvalue weighted by Crippen LogP contribution is 1.96. The zero-order valence-electron chi connectivity index (χ0n) is 9.76. The zero-order chi connectivity index (χ0) is 11.4. The molecule has 0 aliphatic heterocycles. The van der Waals surface area contributed by atoms with E-state index in [4.69, 9.17) is 5.11 Å². The predicted molar refractivity (Wildman–Crippen MR) is 60.5 cm³/mol. The third kappa shape index (κ3) is 13.7. The standard InChI is InChI=1S/C7H12O2.C4H11N/c1-3-4-5-6(2)7(8)9;1-3-5-4-2/h5H,3-4H2,1-2H3,(H,8,9);5H,3-4H2,1-2H3. The maximum Gasteiger partial charge on any atom is 0.330 e. The van der Waals surface area contributed by atoms with Crippen LogP contribution in [0.2, 0.25) is 0 Å². The number of hydrogen-bond donors (Lipinski definition) is 2. The molecule has 2 N–H and O–H groups in total. The van der Waals surface area contributed by atoms with Crippen molar-refractivity contribution in [2.24, 2.45) is 0 Å². The van der Waals surface area contributed by atoms with Crippen LogP contribution in [-0.4, -0.2) is 24.2 Å². The van der Waals surface area contributed by atoms with Gasteiger partial charge in [0.2, 0.25) is 0 Å². The maximum absolute atomic E-state index is 10.1. The molecule has 0 radical (unpaired) electrons. The Morgan fingerprint density at radius 2 is 1.79 bits per heavy atom. The number of carboxylic acid groups (broad SMARTS) is 1. The number of carbonyl (C=O) groups is 1. The van der Waals surface area contributed by atoms with Crippen LogP contribution in [0.5, 0.6) is 0 Å². The topological polar surface area (TPSA) is 49.3 Å². The van der Waals surface area contributed by atoms with Crippen molar-refractivity contribution in [3.8, 4) is 0 Å². The molecule has 0 bridgehead atoms. The lowest BCUT2D eigenvalue weighted by molar-refractivity contribution is -0.132. The minimum Gasteiger partial charge on any atom is -0.478 e. The van der Waals surface area contributed by atoms with Gasteiger partial charge in [0.15, 0.2) is 0 Å². The van der Waals surface area contributed by atoms with E-state index in [0.717, 1.165) is 25.9 Å². The molecule has 0 spiro atoms. The molecular formula is C11H23NO2. The predicted octanol–water partition coefficient (Wildman–Crippen LogP) is 2.43. The third-order valence-corrected chi connectivity index (χ3v) is 1.58. The van der Waals surface area contributed by atoms with Crippen LogP contribution in [0.4, 0.5) is 0 Å². The molecule has 0 fully saturated rings. The Kier molecular flexibility index (Phi) is 13.6. The van der Waals surface area contributed by atoms with Gasteiger partial charge in [-0.1, -0.05) is 33.3 Å². The number of carboxylic acids is 1. The van der Waals surface area contributed by atoms with Crippen molar-refractivity contribution in [1.29, 1.82) is 0 Å². The van der Waals surface area contributed by atoms with E-state index in [1.807, 2.05) is 6.92 Å². The molecule has 3 nitrogen and oxygen atoms in total. The van der Waals surface area contributed by atoms with Gasteiger partial charge in [0.05, 0.1) is 0 Å². The largest absolute Gasteiger partial charge is 0.478 e. The summed E-state index contributed by atoms with van der Waals surface area (Å²) < 4.78 is 0. The smallest absolute Gasteiger partial charge is 0.330 e. The van der Waals surface area contributed by atoms with Gasteiger partial charge in [-0.05, 0) is 26.4 Å². The molecule has 0 heterocycles. The van der Waals surface area contributed by atoms with Crippen molar-refractivity contribution in [2.75, 3.05) is 13.1 Å². The maximum atomic E-state index is 10.1. The zero-order valence-corrected chi connectivity index (χ0v) is 9.76. The first-order chi connectivity index (χ1) is 6.59. The molecule has 0 aliphatic rings. The molecule has 0 aliphatic carbocycles. The van der Waals surface area contributed by atoms with Gasteiger partial charge in [-0.15, -0.1) is 0 Å². The number of rotatable bonds is 5. The fourth-order valence-corrected chi connectivity index (χ4v) is 0.698. The summed E-state index contributed by atoms with van der Waals surface area (Å²) in [6.07, 6.45) is 3.60. The summed E-state index contributed by atoms with van der Waals surface area (Å²) >= 11 is 0. The summed E-state index contributed by atoms with van der Waals surface area (Å²) in [7, 11) is 0. The van der Waals surface area contributed by atoms with Crippen molar-refractivity contribution in [3.63, 3.8) is 0 Å². The molecule has 0 saturated heterocycles. The van der Waals surface area contributed by atoms with Crippen LogP contribution in [0, 0.1) is 0 Å². The van der Waals surface area contributed by atoms with E-state index in [9.17, 15) is 4.79 Å². The fourth-order valence-electron chi connectivity index (χ4n) is 0.698. The Labute approximate surface area is 87.2 Å². The van der Waals surface area contributed by atoms with Crippen LogP contribution >= 0.6 is 0 Å². The summed E-state index contributed by atoms with van der Waals surface area (Å²) in [5.41, 5.74) is 0.442. The summed E-state index contributed by atoms with van der Waals surface area (Å²) in [5.74, 6) is -0.816. The van der Waals surface area contributed by atoms with Gasteiger partial charge in [0, 0.05) is 5.57 Å².